The molecule has 6 bridgehead atoms. The van der Waals surface area contributed by atoms with Crippen molar-refractivity contribution in [2.24, 2.45) is 7.05 Å². The first-order valence-corrected chi connectivity index (χ1v) is 16.2. The minimum Gasteiger partial charge on any atom is -0.493 e. The molecule has 5 N–H and O–H groups in total. The van der Waals surface area contributed by atoms with Gasteiger partial charge in [0.15, 0.2) is 10.8 Å². The molecule has 0 atom stereocenters. The summed E-state index contributed by atoms with van der Waals surface area (Å²) in [5, 5.41) is 20.9. The van der Waals surface area contributed by atoms with E-state index in [1.54, 1.807) is 48.5 Å². The number of benzene rings is 2. The number of halogens is 7. The molecule has 0 aliphatic carbocycles. The van der Waals surface area contributed by atoms with Crippen LogP contribution in [0.25, 0.3) is 0 Å². The minimum atomic E-state index is -5.08. The number of sulfonamides is 1. The first kappa shape index (κ1) is 39.5. The molecule has 2 aromatic heterocycles. The maximum atomic E-state index is 13.0. The number of fused-ring (bicyclic) bond motifs is 6. The van der Waals surface area contributed by atoms with E-state index in [9.17, 15) is 34.8 Å². The van der Waals surface area contributed by atoms with Gasteiger partial charge in [0.2, 0.25) is 5.95 Å². The van der Waals surface area contributed by atoms with Crippen molar-refractivity contribution in [1.82, 2.24) is 19.5 Å². The van der Waals surface area contributed by atoms with Crippen LogP contribution in [0.15, 0.2) is 64.8 Å². The molecule has 0 fully saturated rings. The summed E-state index contributed by atoms with van der Waals surface area (Å²) in [6.45, 7) is 2.14. The third-order valence-corrected chi connectivity index (χ3v) is 8.21. The molecule has 4 aromatic rings. The van der Waals surface area contributed by atoms with Gasteiger partial charge in [-0.1, -0.05) is 17.7 Å². The molecule has 1 aliphatic rings. The second-order valence-corrected chi connectivity index (χ2v) is 12.8. The molecule has 0 saturated carbocycles. The molecule has 5 rings (SSSR count). The number of nitrogens with zero attached hydrogens (tertiary/aromatic N) is 4. The van der Waals surface area contributed by atoms with Crippen LogP contribution < -0.4 is 20.1 Å². The molecule has 0 radical (unpaired) electrons. The number of ether oxygens (including phenoxy) is 1. The van der Waals surface area contributed by atoms with Gasteiger partial charge < -0.3 is 30.2 Å². The monoisotopic (exact) mass is 771 g/mol. The SMILES string of the molecule is Cc1nc(S(=O)(=O)Nc2cc3cc(c2)OCCSc2cccc(c2)Nc2nc(ncc2Cl)N3)cn1C.O=C(O)C(F)(F)F.O=C(O)C(F)(F)F. The summed E-state index contributed by atoms with van der Waals surface area (Å²) in [6, 6.07) is 12.9. The van der Waals surface area contributed by atoms with Gasteiger partial charge in [0, 0.05) is 47.4 Å². The molecule has 3 heterocycles. The Kier molecular flexibility index (Phi) is 12.8. The Morgan fingerprint density at radius 2 is 1.64 bits per heavy atom. The highest BCUT2D eigenvalue weighted by Crippen LogP contribution is 2.31. The summed E-state index contributed by atoms with van der Waals surface area (Å²) in [4.78, 5) is 31.7. The number of hydrogen-bond donors (Lipinski definition) is 5. The number of nitrogens with one attached hydrogen (secondary N) is 3. The zero-order valence-electron chi connectivity index (χ0n) is 25.3. The molecule has 0 spiro atoms. The van der Waals surface area contributed by atoms with Crippen LogP contribution in [0.1, 0.15) is 5.82 Å². The van der Waals surface area contributed by atoms with Crippen molar-refractivity contribution in [2.45, 2.75) is 29.2 Å². The lowest BCUT2D eigenvalue weighted by Crippen LogP contribution is -2.21. The van der Waals surface area contributed by atoms with Gasteiger partial charge in [-0.05, 0) is 31.2 Å². The van der Waals surface area contributed by atoms with Gasteiger partial charge in [0.25, 0.3) is 10.0 Å². The van der Waals surface area contributed by atoms with Crippen LogP contribution in [0.4, 0.5) is 55.2 Å². The zero-order valence-corrected chi connectivity index (χ0v) is 27.7. The van der Waals surface area contributed by atoms with Gasteiger partial charge in [0.1, 0.15) is 16.6 Å². The average molecular weight is 772 g/mol. The molecular weight excluding hydrogens is 748 g/mol. The van der Waals surface area contributed by atoms with Crippen LogP contribution in [-0.4, -0.2) is 74.8 Å². The number of hydrogen-bond acceptors (Lipinski definition) is 11. The normalized spacial score (nSPS) is 12.8. The highest BCUT2D eigenvalue weighted by Gasteiger charge is 2.38. The smallest absolute Gasteiger partial charge is 0.490 e. The Bertz CT molecular complexity index is 1920. The predicted molar refractivity (Wildman–Crippen MR) is 169 cm³/mol. The number of imidazole rings is 1. The van der Waals surface area contributed by atoms with Crippen LogP contribution >= 0.6 is 23.4 Å². The Hall–Kier alpha value is -4.96. The predicted octanol–water partition coefficient (Wildman–Crippen LogP) is 6.21. The minimum absolute atomic E-state index is 0.0726. The Morgan fingerprint density at radius 1 is 1.00 bits per heavy atom. The highest BCUT2D eigenvalue weighted by molar-refractivity contribution is 7.99. The molecule has 0 unspecified atom stereocenters. The number of aliphatic carboxylic acids is 2. The quantitative estimate of drug-likeness (QED) is 0.148. The van der Waals surface area contributed by atoms with Crippen molar-refractivity contribution >= 4 is 74.2 Å². The fraction of sp³-hybridized carbons (Fsp3) is 0.222. The van der Waals surface area contributed by atoms with Crippen LogP contribution in [0.3, 0.4) is 0 Å². The van der Waals surface area contributed by atoms with Gasteiger partial charge in [-0.25, -0.2) is 19.6 Å². The number of carboxylic acid groups (broad SMARTS) is 2. The molecule has 270 valence electrons. The van der Waals surface area contributed by atoms with E-state index >= 15 is 0 Å². The van der Waals surface area contributed by atoms with Crippen molar-refractivity contribution in [3.05, 3.63) is 65.7 Å². The third-order valence-electron chi connectivity index (χ3n) is 5.72. The van der Waals surface area contributed by atoms with E-state index in [1.807, 2.05) is 24.3 Å². The Balaban J connectivity index is 0.000000408. The molecule has 0 amide bonds. The Labute approximate surface area is 287 Å². The number of rotatable bonds is 3. The summed E-state index contributed by atoms with van der Waals surface area (Å²) in [6.07, 6.45) is -7.22. The number of alkyl halides is 6. The number of aryl methyl sites for hydroxylation is 2. The summed E-state index contributed by atoms with van der Waals surface area (Å²) < 4.78 is 99.6. The third kappa shape index (κ3) is 11.9. The van der Waals surface area contributed by atoms with Crippen LogP contribution in [0, 0.1) is 6.92 Å². The van der Waals surface area contributed by atoms with E-state index in [2.05, 4.69) is 30.3 Å². The van der Waals surface area contributed by atoms with Gasteiger partial charge >= 0.3 is 24.3 Å². The van der Waals surface area contributed by atoms with E-state index in [0.29, 0.717) is 46.1 Å². The van der Waals surface area contributed by atoms with Gasteiger partial charge in [-0.15, -0.1) is 11.8 Å². The second-order valence-electron chi connectivity index (χ2n) is 9.56. The molecule has 23 heteroatoms. The number of carbonyl (C=O) groups is 2. The van der Waals surface area contributed by atoms with Gasteiger partial charge in [0.05, 0.1) is 18.5 Å². The molecule has 0 saturated heterocycles. The van der Waals surface area contributed by atoms with E-state index < -0.39 is 34.3 Å². The highest BCUT2D eigenvalue weighted by atomic mass is 35.5. The van der Waals surface area contributed by atoms with Gasteiger partial charge in [-0.2, -0.15) is 39.7 Å². The van der Waals surface area contributed by atoms with Crippen LogP contribution in [-0.2, 0) is 26.7 Å². The molecule has 50 heavy (non-hydrogen) atoms. The van der Waals surface area contributed by atoms with Crippen molar-refractivity contribution in [2.75, 3.05) is 27.7 Å². The number of anilines is 5. The maximum Gasteiger partial charge on any atom is 0.490 e. The molecule has 1 aliphatic heterocycles. The first-order chi connectivity index (χ1) is 23.1. The first-order valence-electron chi connectivity index (χ1n) is 13.3. The largest absolute Gasteiger partial charge is 0.493 e. The summed E-state index contributed by atoms with van der Waals surface area (Å²) in [7, 11) is -2.18. The van der Waals surface area contributed by atoms with Crippen molar-refractivity contribution in [3.63, 3.8) is 0 Å². The number of thioether (sulfide) groups is 1. The van der Waals surface area contributed by atoms with Crippen molar-refractivity contribution in [1.29, 1.82) is 0 Å². The average Bonchev–Trinajstić information content (AvgIpc) is 3.35. The molecular formula is C27H24ClF6N7O7S2. The summed E-state index contributed by atoms with van der Waals surface area (Å²) in [5.74, 6) is -3.06. The maximum absolute atomic E-state index is 13.0. The van der Waals surface area contributed by atoms with Crippen LogP contribution in [0.5, 0.6) is 5.75 Å². The summed E-state index contributed by atoms with van der Waals surface area (Å²) >= 11 is 7.96. The topological polar surface area (TPSA) is 198 Å². The molecule has 2 aromatic carbocycles. The van der Waals surface area contributed by atoms with Gasteiger partial charge in [-0.3, -0.25) is 4.72 Å². The lowest BCUT2D eigenvalue weighted by molar-refractivity contribution is -0.193. The lowest BCUT2D eigenvalue weighted by Gasteiger charge is -2.14. The summed E-state index contributed by atoms with van der Waals surface area (Å²) in [5.41, 5.74) is 1.66. The molecule has 14 nitrogen and oxygen atoms in total. The Morgan fingerprint density at radius 3 is 2.22 bits per heavy atom. The fourth-order valence-corrected chi connectivity index (χ4v) is 5.45. The zero-order chi connectivity index (χ0) is 37.4. The lowest BCUT2D eigenvalue weighted by atomic mass is 10.2. The van der Waals surface area contributed by atoms with Crippen molar-refractivity contribution < 1.29 is 59.3 Å². The number of aromatic nitrogens is 4. The van der Waals surface area contributed by atoms with E-state index in [-0.39, 0.29) is 11.0 Å². The van der Waals surface area contributed by atoms with Crippen molar-refractivity contribution in [3.8, 4) is 5.75 Å². The van der Waals surface area contributed by atoms with E-state index in [4.69, 9.17) is 36.1 Å². The number of carboxylic acids is 2. The second kappa shape index (κ2) is 16.2. The van der Waals surface area contributed by atoms with Crippen LogP contribution in [0.2, 0.25) is 5.02 Å². The fourth-order valence-electron chi connectivity index (χ4n) is 3.44. The standard InChI is InChI=1S/C23H22ClN7O3S2.2C2HF3O2/c1-14-26-21(13-31(14)2)36(32,33)30-17-8-16-9-18(10-17)34-6-7-35-19-5-3-4-15(11-19)27-22-20(24)12-25-23(28-16)29-22;2*3-2(4,5)1(6)7/h3-5,8-13,30H,6-7H2,1-2H3,(H2,25,27,28,29);2*(H,6,7). The van der Waals surface area contributed by atoms with E-state index in [1.165, 1.54) is 12.4 Å². The van der Waals surface area contributed by atoms with E-state index in [0.717, 1.165) is 10.6 Å².